The van der Waals surface area contributed by atoms with Crippen molar-refractivity contribution in [2.45, 2.75) is 49.4 Å². The minimum Gasteiger partial charge on any atom is -0.291 e. The fraction of sp³-hybridized carbons (Fsp3) is 0.241. The van der Waals surface area contributed by atoms with Gasteiger partial charge in [0.1, 0.15) is 17.5 Å². The van der Waals surface area contributed by atoms with Crippen LogP contribution < -0.4 is 0 Å². The molecule has 0 saturated heterocycles. The van der Waals surface area contributed by atoms with Crippen molar-refractivity contribution >= 4 is 23.4 Å². The van der Waals surface area contributed by atoms with Gasteiger partial charge in [0, 0.05) is 33.0 Å². The molecule has 3 aromatic carbocycles. The van der Waals surface area contributed by atoms with Crippen molar-refractivity contribution in [2.75, 3.05) is 0 Å². The summed E-state index contributed by atoms with van der Waals surface area (Å²) in [5.74, 6) is -1.67. The molecule has 204 valence electrons. The maximum absolute atomic E-state index is 15.1. The van der Waals surface area contributed by atoms with E-state index in [4.69, 9.17) is 16.6 Å². The number of halogens is 4. The Kier molecular flexibility index (Phi) is 6.92. The lowest BCUT2D eigenvalue weighted by atomic mass is 9.71. The summed E-state index contributed by atoms with van der Waals surface area (Å²) in [5, 5.41) is 14.6. The summed E-state index contributed by atoms with van der Waals surface area (Å²) < 4.78 is 46.1. The summed E-state index contributed by atoms with van der Waals surface area (Å²) in [6, 6.07) is 14.6. The van der Waals surface area contributed by atoms with Gasteiger partial charge < -0.3 is 0 Å². The van der Waals surface area contributed by atoms with Gasteiger partial charge in [0.25, 0.3) is 0 Å². The van der Waals surface area contributed by atoms with E-state index in [1.54, 1.807) is 12.1 Å². The number of nitrogens with one attached hydrogen (secondary N) is 1. The van der Waals surface area contributed by atoms with Crippen LogP contribution in [-0.2, 0) is 17.6 Å². The fourth-order valence-corrected chi connectivity index (χ4v) is 6.56. The zero-order valence-corrected chi connectivity index (χ0v) is 23.3. The lowest BCUT2D eigenvalue weighted by Crippen LogP contribution is -2.31. The number of hydrogen-bond acceptors (Lipinski definition) is 5. The van der Waals surface area contributed by atoms with Gasteiger partial charge >= 0.3 is 0 Å². The number of thioether (sulfide) groups is 1. The van der Waals surface area contributed by atoms with Gasteiger partial charge in [-0.2, -0.15) is 5.21 Å². The average molecular weight is 581 g/mol. The van der Waals surface area contributed by atoms with E-state index in [-0.39, 0.29) is 28.5 Å². The Balaban J connectivity index is 1.44. The molecular formula is C29H24ClF3N6S. The Labute approximate surface area is 238 Å². The number of aryl methyl sites for hydroxylation is 2. The second kappa shape index (κ2) is 10.4. The van der Waals surface area contributed by atoms with E-state index in [0.29, 0.717) is 10.2 Å². The molecule has 2 aromatic heterocycles. The molecule has 2 heterocycles. The standard InChI is InChI=1S/C29H24ClF3N6S/c1-16-12-18(5-10-22(16)30)29(2)11-3-4-25-26(29)39(20-8-6-19(31)7-9-20)28(34-25)40-15-21-23(32)13-17(14-24(21)33)27-35-37-38-36-27/h5-10,12-14H,3-4,11,15H2,1-2H3,(H,35,36,37,38). The van der Waals surface area contributed by atoms with Crippen LogP contribution in [0.2, 0.25) is 5.02 Å². The number of hydrogen-bond donors (Lipinski definition) is 1. The first kappa shape index (κ1) is 26.6. The third-order valence-electron chi connectivity index (χ3n) is 7.50. The van der Waals surface area contributed by atoms with E-state index in [1.165, 1.54) is 36.0 Å². The van der Waals surface area contributed by atoms with Gasteiger partial charge in [-0.05, 0) is 91.9 Å². The van der Waals surface area contributed by atoms with Crippen LogP contribution in [0.5, 0.6) is 0 Å². The molecule has 6 rings (SSSR count). The molecule has 0 amide bonds. The minimum atomic E-state index is -0.710. The first-order chi connectivity index (χ1) is 19.2. The number of H-pyrrole nitrogens is 1. The van der Waals surface area contributed by atoms with Gasteiger partial charge in [0.15, 0.2) is 5.16 Å². The summed E-state index contributed by atoms with van der Waals surface area (Å²) in [4.78, 5) is 4.97. The number of tetrazole rings is 1. The zero-order valence-electron chi connectivity index (χ0n) is 21.7. The summed E-state index contributed by atoms with van der Waals surface area (Å²) in [5.41, 5.74) is 4.41. The van der Waals surface area contributed by atoms with Gasteiger partial charge in [0.05, 0.1) is 11.4 Å². The van der Waals surface area contributed by atoms with Crippen LogP contribution in [0.15, 0.2) is 59.8 Å². The quantitative estimate of drug-likeness (QED) is 0.212. The molecule has 6 nitrogen and oxygen atoms in total. The predicted octanol–water partition coefficient (Wildman–Crippen LogP) is 7.37. The minimum absolute atomic E-state index is 0.00194. The SMILES string of the molecule is Cc1cc(C2(C)CCCc3nc(SCc4c(F)cc(-c5nn[nH]n5)cc4F)n(-c4ccc(F)cc4)c32)ccc1Cl. The van der Waals surface area contributed by atoms with E-state index >= 15 is 8.78 Å². The van der Waals surface area contributed by atoms with E-state index in [9.17, 15) is 4.39 Å². The van der Waals surface area contributed by atoms with Crippen LogP contribution in [0.3, 0.4) is 0 Å². The monoisotopic (exact) mass is 580 g/mol. The highest BCUT2D eigenvalue weighted by Crippen LogP contribution is 2.46. The molecule has 5 aromatic rings. The number of aromatic nitrogens is 6. The number of imidazole rings is 1. The predicted molar refractivity (Wildman–Crippen MR) is 148 cm³/mol. The van der Waals surface area contributed by atoms with E-state index < -0.39 is 17.0 Å². The highest BCUT2D eigenvalue weighted by Gasteiger charge is 2.39. The Morgan fingerprint density at radius 2 is 1.80 bits per heavy atom. The van der Waals surface area contributed by atoms with E-state index in [1.807, 2.05) is 23.6 Å². The summed E-state index contributed by atoms with van der Waals surface area (Å²) >= 11 is 7.58. The Morgan fingerprint density at radius 3 is 2.48 bits per heavy atom. The number of benzene rings is 3. The molecule has 0 saturated carbocycles. The number of nitrogens with zero attached hydrogens (tertiary/aromatic N) is 5. The maximum Gasteiger partial charge on any atom is 0.204 e. The lowest BCUT2D eigenvalue weighted by molar-refractivity contribution is 0.442. The van der Waals surface area contributed by atoms with Crippen molar-refractivity contribution in [3.05, 3.63) is 105 Å². The molecule has 0 aliphatic heterocycles. The van der Waals surface area contributed by atoms with Gasteiger partial charge in [-0.25, -0.2) is 18.2 Å². The van der Waals surface area contributed by atoms with Crippen LogP contribution in [0.4, 0.5) is 13.2 Å². The summed E-state index contributed by atoms with van der Waals surface area (Å²) in [7, 11) is 0. The van der Waals surface area contributed by atoms with Crippen molar-refractivity contribution in [1.29, 1.82) is 0 Å². The first-order valence-corrected chi connectivity index (χ1v) is 14.1. The van der Waals surface area contributed by atoms with Crippen LogP contribution in [-0.4, -0.2) is 30.2 Å². The molecule has 1 aliphatic carbocycles. The van der Waals surface area contributed by atoms with Crippen molar-refractivity contribution in [2.24, 2.45) is 0 Å². The second-order valence-corrected chi connectivity index (χ2v) is 11.4. The van der Waals surface area contributed by atoms with Crippen molar-refractivity contribution in [3.63, 3.8) is 0 Å². The molecule has 0 fully saturated rings. The molecule has 1 unspecified atom stereocenters. The third-order valence-corrected chi connectivity index (χ3v) is 8.89. The molecule has 11 heteroatoms. The molecule has 1 atom stereocenters. The summed E-state index contributed by atoms with van der Waals surface area (Å²) in [6.45, 7) is 4.16. The van der Waals surface area contributed by atoms with Crippen LogP contribution in [0.25, 0.3) is 17.1 Å². The molecule has 1 aliphatic rings. The maximum atomic E-state index is 15.1. The van der Waals surface area contributed by atoms with Gasteiger partial charge in [-0.3, -0.25) is 4.57 Å². The lowest BCUT2D eigenvalue weighted by Gasteiger charge is -2.36. The van der Waals surface area contributed by atoms with Crippen LogP contribution in [0.1, 0.15) is 47.8 Å². The van der Waals surface area contributed by atoms with Crippen LogP contribution in [0, 0.1) is 24.4 Å². The number of fused-ring (bicyclic) bond motifs is 1. The average Bonchev–Trinajstić information content (AvgIpc) is 3.59. The molecule has 1 N–H and O–H groups in total. The highest BCUT2D eigenvalue weighted by atomic mass is 35.5. The van der Waals surface area contributed by atoms with Crippen molar-refractivity contribution in [3.8, 4) is 17.1 Å². The van der Waals surface area contributed by atoms with Crippen molar-refractivity contribution < 1.29 is 13.2 Å². The topological polar surface area (TPSA) is 72.3 Å². The normalized spacial score (nSPS) is 16.8. The molecule has 0 bridgehead atoms. The van der Waals surface area contributed by atoms with Gasteiger partial charge in [0.2, 0.25) is 5.82 Å². The fourth-order valence-electron chi connectivity index (χ4n) is 5.40. The Bertz CT molecular complexity index is 1680. The van der Waals surface area contributed by atoms with E-state index in [0.717, 1.165) is 47.5 Å². The largest absolute Gasteiger partial charge is 0.291 e. The highest BCUT2D eigenvalue weighted by molar-refractivity contribution is 7.98. The second-order valence-electron chi connectivity index (χ2n) is 10.1. The third kappa shape index (κ3) is 4.69. The first-order valence-electron chi connectivity index (χ1n) is 12.7. The zero-order chi connectivity index (χ0) is 28.0. The smallest absolute Gasteiger partial charge is 0.204 e. The Morgan fingerprint density at radius 1 is 1.05 bits per heavy atom. The number of rotatable bonds is 6. The molecule has 40 heavy (non-hydrogen) atoms. The molecular weight excluding hydrogens is 557 g/mol. The molecule has 0 radical (unpaired) electrons. The van der Waals surface area contributed by atoms with E-state index in [2.05, 4.69) is 33.6 Å². The van der Waals surface area contributed by atoms with Gasteiger partial charge in [-0.1, -0.05) is 35.5 Å². The summed E-state index contributed by atoms with van der Waals surface area (Å²) in [6.07, 6.45) is 2.57. The Hall–Kier alpha value is -3.63. The number of aromatic amines is 1. The van der Waals surface area contributed by atoms with Crippen LogP contribution >= 0.6 is 23.4 Å². The molecule has 0 spiro atoms. The van der Waals surface area contributed by atoms with Crippen molar-refractivity contribution in [1.82, 2.24) is 30.2 Å². The van der Waals surface area contributed by atoms with Gasteiger partial charge in [-0.15, -0.1) is 10.2 Å².